The maximum atomic E-state index is 14.8. The summed E-state index contributed by atoms with van der Waals surface area (Å²) in [5.74, 6) is -1.15. The molecule has 2 aliphatic rings. The van der Waals surface area contributed by atoms with Gasteiger partial charge in [-0.1, -0.05) is 18.2 Å². The number of nitrogens with zero attached hydrogens (tertiary/aromatic N) is 1. The summed E-state index contributed by atoms with van der Waals surface area (Å²) in [7, 11) is 0. The molecule has 1 aromatic rings. The number of halogens is 4. The third-order valence-corrected chi connectivity index (χ3v) is 5.68. The van der Waals surface area contributed by atoms with E-state index in [0.29, 0.717) is 37.9 Å². The first-order valence-corrected chi connectivity index (χ1v) is 9.28. The molecule has 0 spiro atoms. The largest absolute Gasteiger partial charge is 0.573 e. The van der Waals surface area contributed by atoms with Gasteiger partial charge in [0.2, 0.25) is 0 Å². The zero-order valence-corrected chi connectivity index (χ0v) is 16.2. The Hall–Kier alpha value is -2.02. The van der Waals surface area contributed by atoms with Gasteiger partial charge in [-0.3, -0.25) is 4.90 Å². The van der Waals surface area contributed by atoms with Crippen molar-refractivity contribution < 1.29 is 27.4 Å². The van der Waals surface area contributed by atoms with Crippen molar-refractivity contribution in [2.24, 2.45) is 0 Å². The van der Waals surface area contributed by atoms with Crippen LogP contribution in [-0.2, 0) is 6.42 Å². The molecule has 28 heavy (non-hydrogen) atoms. The zero-order chi connectivity index (χ0) is 20.7. The van der Waals surface area contributed by atoms with Crippen LogP contribution in [0, 0.1) is 0 Å². The van der Waals surface area contributed by atoms with E-state index in [1.807, 2.05) is 12.2 Å². The maximum Gasteiger partial charge on any atom is 0.573 e. The van der Waals surface area contributed by atoms with Gasteiger partial charge < -0.3 is 9.84 Å². The van der Waals surface area contributed by atoms with E-state index in [1.165, 1.54) is 12.1 Å². The second-order valence-corrected chi connectivity index (χ2v) is 8.33. The molecule has 1 heterocycles. The molecule has 1 aliphatic carbocycles. The van der Waals surface area contributed by atoms with Crippen LogP contribution >= 0.6 is 0 Å². The molecule has 1 atom stereocenters. The second-order valence-electron chi connectivity index (χ2n) is 8.33. The van der Waals surface area contributed by atoms with Gasteiger partial charge in [-0.25, -0.2) is 4.39 Å². The Labute approximate surface area is 162 Å². The molecule has 1 N–H and O–H groups in total. The van der Waals surface area contributed by atoms with Gasteiger partial charge in [-0.15, -0.1) is 13.2 Å². The van der Waals surface area contributed by atoms with Crippen molar-refractivity contribution in [3.63, 3.8) is 0 Å². The Morgan fingerprint density at radius 3 is 2.57 bits per heavy atom. The van der Waals surface area contributed by atoms with Crippen LogP contribution in [0.3, 0.4) is 0 Å². The highest BCUT2D eigenvalue weighted by Gasteiger charge is 2.41. The van der Waals surface area contributed by atoms with Gasteiger partial charge in [0.15, 0.2) is 11.5 Å². The molecule has 0 saturated carbocycles. The van der Waals surface area contributed by atoms with Crippen LogP contribution in [0.2, 0.25) is 0 Å². The number of benzene rings is 1. The summed E-state index contributed by atoms with van der Waals surface area (Å²) in [6.45, 7) is 6.94. The molecule has 0 radical (unpaired) electrons. The van der Waals surface area contributed by atoms with Crippen LogP contribution in [-0.4, -0.2) is 40.7 Å². The van der Waals surface area contributed by atoms with Crippen molar-refractivity contribution in [3.8, 4) is 11.5 Å². The number of alkyl halides is 4. The van der Waals surface area contributed by atoms with Gasteiger partial charge in [0.1, 0.15) is 5.67 Å². The summed E-state index contributed by atoms with van der Waals surface area (Å²) in [6, 6.07) is 4.01. The first kappa shape index (κ1) is 20.7. The fourth-order valence-corrected chi connectivity index (χ4v) is 3.80. The summed E-state index contributed by atoms with van der Waals surface area (Å²) in [6.07, 6.45) is 0.557. The lowest BCUT2D eigenvalue weighted by atomic mass is 9.87. The molecule has 0 saturated heterocycles. The van der Waals surface area contributed by atoms with Gasteiger partial charge in [-0.05, 0) is 62.5 Å². The summed E-state index contributed by atoms with van der Waals surface area (Å²) < 4.78 is 56.0. The molecule has 0 aromatic heterocycles. The average Bonchev–Trinajstić information content (AvgIpc) is 3.01. The standard InChI is InChI=1S/C21H25F4NO2/c1-19(2,26-12-15-5-4-9-20(3,22)16(15)13-26)10-8-14-6-7-17(27)18(11-14)28-21(23,24)25/h4-7,11,27H,8-10,12-13H2,1-3H3. The molecule has 3 nitrogen and oxygen atoms in total. The summed E-state index contributed by atoms with van der Waals surface area (Å²) in [4.78, 5) is 2.21. The Morgan fingerprint density at radius 1 is 1.21 bits per heavy atom. The highest BCUT2D eigenvalue weighted by atomic mass is 19.4. The molecule has 1 aliphatic heterocycles. The molecule has 7 heteroatoms. The molecule has 3 rings (SSSR count). The number of allylic oxidation sites excluding steroid dienone is 1. The molecule has 0 amide bonds. The fraction of sp³-hybridized carbons (Fsp3) is 0.524. The number of hydrogen-bond acceptors (Lipinski definition) is 3. The van der Waals surface area contributed by atoms with E-state index in [4.69, 9.17) is 0 Å². The Bertz CT molecular complexity index is 809. The number of ether oxygens (including phenoxy) is 1. The van der Waals surface area contributed by atoms with E-state index in [0.717, 1.165) is 11.1 Å². The molecule has 1 aromatic carbocycles. The topological polar surface area (TPSA) is 32.7 Å². The average molecular weight is 399 g/mol. The zero-order valence-electron chi connectivity index (χ0n) is 16.2. The van der Waals surface area contributed by atoms with Crippen molar-refractivity contribution in [2.45, 2.75) is 57.6 Å². The number of aromatic hydroxyl groups is 1. The summed E-state index contributed by atoms with van der Waals surface area (Å²) in [5, 5.41) is 9.59. The molecule has 0 bridgehead atoms. The lowest BCUT2D eigenvalue weighted by Gasteiger charge is -2.36. The third-order valence-electron chi connectivity index (χ3n) is 5.68. The van der Waals surface area contributed by atoms with Gasteiger partial charge in [0, 0.05) is 25.0 Å². The van der Waals surface area contributed by atoms with Crippen LogP contribution < -0.4 is 4.74 Å². The highest BCUT2D eigenvalue weighted by molar-refractivity contribution is 5.43. The lowest BCUT2D eigenvalue weighted by molar-refractivity contribution is -0.275. The smallest absolute Gasteiger partial charge is 0.504 e. The fourth-order valence-electron chi connectivity index (χ4n) is 3.80. The number of phenolic OH excluding ortho intramolecular Hbond substituents is 1. The van der Waals surface area contributed by atoms with Gasteiger partial charge in [-0.2, -0.15) is 0 Å². The van der Waals surface area contributed by atoms with Crippen LogP contribution in [0.5, 0.6) is 11.5 Å². The number of aryl methyl sites for hydroxylation is 1. The molecule has 154 valence electrons. The first-order chi connectivity index (χ1) is 12.9. The van der Waals surface area contributed by atoms with Crippen LogP contribution in [0.15, 0.2) is 41.5 Å². The van der Waals surface area contributed by atoms with Crippen LogP contribution in [0.4, 0.5) is 17.6 Å². The van der Waals surface area contributed by atoms with E-state index in [-0.39, 0.29) is 5.54 Å². The summed E-state index contributed by atoms with van der Waals surface area (Å²) >= 11 is 0. The maximum absolute atomic E-state index is 14.8. The van der Waals surface area contributed by atoms with Crippen molar-refractivity contribution in [1.29, 1.82) is 0 Å². The second kappa shape index (κ2) is 7.10. The van der Waals surface area contributed by atoms with E-state index >= 15 is 0 Å². The predicted molar refractivity (Wildman–Crippen MR) is 99.1 cm³/mol. The monoisotopic (exact) mass is 399 g/mol. The molecule has 1 unspecified atom stereocenters. The van der Waals surface area contributed by atoms with Crippen molar-refractivity contribution in [3.05, 3.63) is 47.1 Å². The molecule has 0 fully saturated rings. The Balaban J connectivity index is 1.66. The number of phenols is 1. The van der Waals surface area contributed by atoms with Crippen molar-refractivity contribution >= 4 is 0 Å². The van der Waals surface area contributed by atoms with Gasteiger partial charge >= 0.3 is 6.36 Å². The lowest BCUT2D eigenvalue weighted by Crippen LogP contribution is -2.44. The van der Waals surface area contributed by atoms with E-state index in [2.05, 4.69) is 23.5 Å². The van der Waals surface area contributed by atoms with Crippen molar-refractivity contribution in [2.75, 3.05) is 13.1 Å². The third kappa shape index (κ3) is 4.51. The first-order valence-electron chi connectivity index (χ1n) is 9.28. The van der Waals surface area contributed by atoms with Gasteiger partial charge in [0.25, 0.3) is 0 Å². The Kier molecular flexibility index (Phi) is 5.25. The normalized spacial score (nSPS) is 23.2. The van der Waals surface area contributed by atoms with Crippen LogP contribution in [0.1, 0.15) is 39.2 Å². The van der Waals surface area contributed by atoms with Crippen LogP contribution in [0.25, 0.3) is 0 Å². The van der Waals surface area contributed by atoms with Crippen molar-refractivity contribution in [1.82, 2.24) is 4.90 Å². The Morgan fingerprint density at radius 2 is 1.93 bits per heavy atom. The van der Waals surface area contributed by atoms with E-state index in [1.54, 1.807) is 13.0 Å². The minimum absolute atomic E-state index is 0.274. The number of hydrogen-bond donors (Lipinski definition) is 1. The highest BCUT2D eigenvalue weighted by Crippen LogP contribution is 2.40. The minimum atomic E-state index is -4.86. The minimum Gasteiger partial charge on any atom is -0.504 e. The molecular weight excluding hydrogens is 374 g/mol. The predicted octanol–water partition coefficient (Wildman–Crippen LogP) is 5.30. The van der Waals surface area contributed by atoms with Gasteiger partial charge in [0.05, 0.1) is 0 Å². The quantitative estimate of drug-likeness (QED) is 0.682. The van der Waals surface area contributed by atoms with E-state index in [9.17, 15) is 22.7 Å². The molecular formula is C21H25F4NO2. The summed E-state index contributed by atoms with van der Waals surface area (Å²) in [5.41, 5.74) is 0.889. The number of rotatable bonds is 5. The van der Waals surface area contributed by atoms with E-state index < -0.39 is 23.5 Å². The SMILES string of the molecule is CC1(F)CC=CC2=C1CN(C(C)(C)CCc1ccc(O)c(OC(F)(F)F)c1)C2.